The minimum Gasteiger partial charge on any atom is -0.398 e. The summed E-state index contributed by atoms with van der Waals surface area (Å²) >= 11 is 0. The lowest BCUT2D eigenvalue weighted by Gasteiger charge is -2.06. The maximum Gasteiger partial charge on any atom is 0.178 e. The van der Waals surface area contributed by atoms with Crippen LogP contribution in [0.4, 0.5) is 5.69 Å². The van der Waals surface area contributed by atoms with Crippen LogP contribution >= 0.6 is 0 Å². The van der Waals surface area contributed by atoms with Crippen molar-refractivity contribution in [2.75, 3.05) is 5.73 Å². The lowest BCUT2D eigenvalue weighted by atomic mass is 10.1. The summed E-state index contributed by atoms with van der Waals surface area (Å²) in [5.41, 5.74) is 8.52. The zero-order chi connectivity index (χ0) is 12.7. The fraction of sp³-hybridized carbons (Fsp3) is 0.0714. The van der Waals surface area contributed by atoms with E-state index in [2.05, 4.69) is 9.97 Å². The predicted molar refractivity (Wildman–Crippen MR) is 71.5 cm³/mol. The number of pyridine rings is 2. The third-order valence-corrected chi connectivity index (χ3v) is 2.94. The largest absolute Gasteiger partial charge is 0.398 e. The van der Waals surface area contributed by atoms with Crippen LogP contribution in [0.1, 0.15) is 17.4 Å². The van der Waals surface area contributed by atoms with Gasteiger partial charge < -0.3 is 5.73 Å². The van der Waals surface area contributed by atoms with Crippen LogP contribution in [0.25, 0.3) is 21.8 Å². The molecule has 2 heterocycles. The van der Waals surface area contributed by atoms with E-state index in [-0.39, 0.29) is 5.78 Å². The summed E-state index contributed by atoms with van der Waals surface area (Å²) in [7, 11) is 0. The second-order valence-electron chi connectivity index (χ2n) is 4.19. The lowest BCUT2D eigenvalue weighted by molar-refractivity contribution is 0.101. The van der Waals surface area contributed by atoms with Gasteiger partial charge in [-0.1, -0.05) is 6.07 Å². The molecule has 18 heavy (non-hydrogen) atoms. The molecule has 0 saturated heterocycles. The van der Waals surface area contributed by atoms with E-state index in [0.717, 1.165) is 16.3 Å². The van der Waals surface area contributed by atoms with Gasteiger partial charge in [0.15, 0.2) is 5.78 Å². The van der Waals surface area contributed by atoms with Gasteiger partial charge in [-0.15, -0.1) is 0 Å². The second-order valence-corrected chi connectivity index (χ2v) is 4.19. The maximum atomic E-state index is 11.4. The van der Waals surface area contributed by atoms with Gasteiger partial charge in [-0.05, 0) is 24.3 Å². The number of nitrogens with two attached hydrogens (primary N) is 1. The first-order valence-electron chi connectivity index (χ1n) is 5.62. The molecule has 0 spiro atoms. The van der Waals surface area contributed by atoms with Crippen molar-refractivity contribution in [3.05, 3.63) is 42.2 Å². The quantitative estimate of drug-likeness (QED) is 0.401. The number of benzene rings is 1. The van der Waals surface area contributed by atoms with Crippen LogP contribution in [0, 0.1) is 0 Å². The van der Waals surface area contributed by atoms with Crippen LogP contribution in [0.5, 0.6) is 0 Å². The third kappa shape index (κ3) is 1.50. The highest BCUT2D eigenvalue weighted by Crippen LogP contribution is 2.27. The Morgan fingerprint density at radius 2 is 2.06 bits per heavy atom. The predicted octanol–water partition coefficient (Wildman–Crippen LogP) is 2.57. The number of aromatic nitrogens is 2. The van der Waals surface area contributed by atoms with Gasteiger partial charge in [0.2, 0.25) is 0 Å². The van der Waals surface area contributed by atoms with Crippen molar-refractivity contribution in [3.8, 4) is 0 Å². The normalized spacial score (nSPS) is 10.9. The van der Waals surface area contributed by atoms with E-state index in [0.29, 0.717) is 16.9 Å². The fourth-order valence-corrected chi connectivity index (χ4v) is 2.05. The number of hydrogen-bond donors (Lipinski definition) is 1. The van der Waals surface area contributed by atoms with Gasteiger partial charge in [0.05, 0.1) is 11.0 Å². The maximum absolute atomic E-state index is 11.4. The van der Waals surface area contributed by atoms with Gasteiger partial charge in [-0.3, -0.25) is 9.78 Å². The van der Waals surface area contributed by atoms with Gasteiger partial charge in [-0.25, -0.2) is 4.98 Å². The molecular weight excluding hydrogens is 226 g/mol. The molecule has 0 aliphatic carbocycles. The number of ketones is 1. The van der Waals surface area contributed by atoms with Crippen LogP contribution in [0.3, 0.4) is 0 Å². The van der Waals surface area contributed by atoms with Crippen molar-refractivity contribution < 1.29 is 4.79 Å². The Morgan fingerprint density at radius 3 is 2.83 bits per heavy atom. The molecule has 0 saturated carbocycles. The number of fused-ring (bicyclic) bond motifs is 3. The number of hydrogen-bond acceptors (Lipinski definition) is 4. The number of Topliss-reactive ketones (excluding diaryl/α,β-unsaturated/α-hetero) is 1. The highest BCUT2D eigenvalue weighted by Gasteiger charge is 2.09. The van der Waals surface area contributed by atoms with Gasteiger partial charge in [-0.2, -0.15) is 0 Å². The van der Waals surface area contributed by atoms with Gasteiger partial charge in [0, 0.05) is 29.6 Å². The molecule has 2 N–H and O–H groups in total. The standard InChI is InChI=1S/C14H11N3O/c1-8(18)12-5-4-10-11(15)7-9-3-2-6-16-13(9)14(10)17-12/h2-7H,15H2,1H3. The minimum atomic E-state index is -0.0663. The Hall–Kier alpha value is -2.49. The van der Waals surface area contributed by atoms with Crippen LogP contribution in [-0.2, 0) is 0 Å². The molecule has 0 radical (unpaired) electrons. The van der Waals surface area contributed by atoms with E-state index >= 15 is 0 Å². The molecule has 4 nitrogen and oxygen atoms in total. The molecule has 0 atom stereocenters. The van der Waals surface area contributed by atoms with E-state index in [9.17, 15) is 4.79 Å². The van der Waals surface area contributed by atoms with Crippen LogP contribution in [0.2, 0.25) is 0 Å². The van der Waals surface area contributed by atoms with Crippen molar-refractivity contribution in [2.24, 2.45) is 0 Å². The van der Waals surface area contributed by atoms with Crippen LogP contribution in [0.15, 0.2) is 36.5 Å². The zero-order valence-corrected chi connectivity index (χ0v) is 9.84. The van der Waals surface area contributed by atoms with Gasteiger partial charge in [0.1, 0.15) is 5.69 Å². The number of carbonyl (C=O) groups is 1. The Morgan fingerprint density at radius 1 is 1.22 bits per heavy atom. The van der Waals surface area contributed by atoms with Crippen molar-refractivity contribution in [1.82, 2.24) is 9.97 Å². The van der Waals surface area contributed by atoms with Crippen molar-refractivity contribution in [1.29, 1.82) is 0 Å². The lowest BCUT2D eigenvalue weighted by Crippen LogP contribution is -1.99. The number of anilines is 1. The van der Waals surface area contributed by atoms with Gasteiger partial charge >= 0.3 is 0 Å². The first-order valence-corrected chi connectivity index (χ1v) is 5.62. The Kier molecular flexibility index (Phi) is 2.23. The highest BCUT2D eigenvalue weighted by molar-refractivity contribution is 6.09. The van der Waals surface area contributed by atoms with Crippen LogP contribution < -0.4 is 5.73 Å². The first kappa shape index (κ1) is 10.7. The molecule has 0 aliphatic heterocycles. The molecule has 4 heteroatoms. The average Bonchev–Trinajstić information content (AvgIpc) is 2.38. The Balaban J connectivity index is 2.51. The summed E-state index contributed by atoms with van der Waals surface area (Å²) in [6.45, 7) is 1.50. The topological polar surface area (TPSA) is 68.9 Å². The molecule has 0 unspecified atom stereocenters. The molecule has 1 aromatic carbocycles. The first-order chi connectivity index (χ1) is 8.66. The average molecular weight is 237 g/mol. The molecule has 88 valence electrons. The number of rotatable bonds is 1. The number of nitrogen functional groups attached to an aromatic ring is 1. The molecule has 0 bridgehead atoms. The van der Waals surface area contributed by atoms with E-state index in [4.69, 9.17) is 5.73 Å². The zero-order valence-electron chi connectivity index (χ0n) is 9.84. The number of nitrogens with zero attached hydrogens (tertiary/aromatic N) is 2. The summed E-state index contributed by atoms with van der Waals surface area (Å²) in [5, 5.41) is 1.75. The van der Waals surface area contributed by atoms with E-state index in [1.165, 1.54) is 6.92 Å². The summed E-state index contributed by atoms with van der Waals surface area (Å²) in [6, 6.07) is 9.17. The monoisotopic (exact) mass is 237 g/mol. The summed E-state index contributed by atoms with van der Waals surface area (Å²) in [4.78, 5) is 20.1. The molecule has 3 aromatic rings. The molecule has 0 fully saturated rings. The van der Waals surface area contributed by atoms with E-state index < -0.39 is 0 Å². The highest BCUT2D eigenvalue weighted by atomic mass is 16.1. The summed E-state index contributed by atoms with van der Waals surface area (Å²) in [6.07, 6.45) is 1.71. The minimum absolute atomic E-state index is 0.0663. The van der Waals surface area contributed by atoms with Crippen molar-refractivity contribution >= 4 is 33.3 Å². The fourth-order valence-electron chi connectivity index (χ4n) is 2.05. The molecule has 0 aliphatic rings. The second kappa shape index (κ2) is 3.77. The Labute approximate surface area is 103 Å². The van der Waals surface area contributed by atoms with Crippen molar-refractivity contribution in [3.63, 3.8) is 0 Å². The van der Waals surface area contributed by atoms with Crippen molar-refractivity contribution in [2.45, 2.75) is 6.92 Å². The SMILES string of the molecule is CC(=O)c1ccc2c(N)cc3cccnc3c2n1. The summed E-state index contributed by atoms with van der Waals surface area (Å²) in [5.74, 6) is -0.0663. The molecular formula is C14H11N3O. The smallest absolute Gasteiger partial charge is 0.178 e. The summed E-state index contributed by atoms with van der Waals surface area (Å²) < 4.78 is 0. The molecule has 0 amide bonds. The van der Waals surface area contributed by atoms with E-state index in [1.807, 2.05) is 24.3 Å². The number of carbonyl (C=O) groups excluding carboxylic acids is 1. The third-order valence-electron chi connectivity index (χ3n) is 2.94. The molecule has 2 aromatic heterocycles. The van der Waals surface area contributed by atoms with Gasteiger partial charge in [0.25, 0.3) is 0 Å². The van der Waals surface area contributed by atoms with Crippen LogP contribution in [-0.4, -0.2) is 15.8 Å². The molecule has 3 rings (SSSR count). The Bertz CT molecular complexity index is 780. The van der Waals surface area contributed by atoms with E-state index in [1.54, 1.807) is 12.3 Å².